The Morgan fingerprint density at radius 2 is 2.00 bits per heavy atom. The van der Waals surface area contributed by atoms with Gasteiger partial charge in [0.15, 0.2) is 5.72 Å². The molecular formula is C11H15NO2. The topological polar surface area (TPSA) is 30.5 Å². The second-order valence-electron chi connectivity index (χ2n) is 3.62. The first kappa shape index (κ1) is 9.49. The minimum Gasteiger partial charge on any atom is -0.374 e. The van der Waals surface area contributed by atoms with Crippen molar-refractivity contribution in [2.45, 2.75) is 12.6 Å². The van der Waals surface area contributed by atoms with Gasteiger partial charge < -0.3 is 14.8 Å². The van der Waals surface area contributed by atoms with Crippen LogP contribution in [0.15, 0.2) is 30.3 Å². The molecule has 1 aliphatic rings. The van der Waals surface area contributed by atoms with Gasteiger partial charge in [0.25, 0.3) is 0 Å². The average Bonchev–Trinajstić information content (AvgIpc) is 2.19. The van der Waals surface area contributed by atoms with Crippen molar-refractivity contribution in [3.63, 3.8) is 0 Å². The quantitative estimate of drug-likeness (QED) is 0.777. The number of benzene rings is 1. The van der Waals surface area contributed by atoms with Gasteiger partial charge in [0.1, 0.15) is 0 Å². The normalized spacial score (nSPS) is 27.2. The van der Waals surface area contributed by atoms with Gasteiger partial charge >= 0.3 is 0 Å². The van der Waals surface area contributed by atoms with E-state index in [1.54, 1.807) is 0 Å². The summed E-state index contributed by atoms with van der Waals surface area (Å²) in [4.78, 5) is 0. The number of anilines is 1. The molecule has 1 aromatic rings. The summed E-state index contributed by atoms with van der Waals surface area (Å²) < 4.78 is 11.0. The lowest BCUT2D eigenvalue weighted by atomic mass is 10.2. The molecule has 1 N–H and O–H groups in total. The minimum absolute atomic E-state index is 0.389. The second kappa shape index (κ2) is 3.98. The Bertz CT molecular complexity index is 281. The molecule has 3 nitrogen and oxygen atoms in total. The van der Waals surface area contributed by atoms with Crippen LogP contribution in [0.4, 0.5) is 5.69 Å². The van der Waals surface area contributed by atoms with Crippen molar-refractivity contribution in [2.24, 2.45) is 0 Å². The van der Waals surface area contributed by atoms with E-state index in [4.69, 9.17) is 9.47 Å². The van der Waals surface area contributed by atoms with E-state index < -0.39 is 0 Å². The van der Waals surface area contributed by atoms with Crippen molar-refractivity contribution in [2.75, 3.05) is 25.1 Å². The summed E-state index contributed by atoms with van der Waals surface area (Å²) in [6.07, 6.45) is 0. The minimum atomic E-state index is -0.389. The Labute approximate surface area is 84.0 Å². The first-order chi connectivity index (χ1) is 6.79. The van der Waals surface area contributed by atoms with Gasteiger partial charge in [-0.15, -0.1) is 0 Å². The van der Waals surface area contributed by atoms with Crippen LogP contribution >= 0.6 is 0 Å². The van der Waals surface area contributed by atoms with Crippen LogP contribution in [-0.2, 0) is 9.47 Å². The summed E-state index contributed by atoms with van der Waals surface area (Å²) in [5.74, 6) is 0. The first-order valence-electron chi connectivity index (χ1n) is 4.83. The van der Waals surface area contributed by atoms with E-state index in [1.807, 2.05) is 37.3 Å². The van der Waals surface area contributed by atoms with Crippen LogP contribution in [-0.4, -0.2) is 25.5 Å². The Kier molecular flexibility index (Phi) is 2.70. The van der Waals surface area contributed by atoms with Crippen molar-refractivity contribution in [3.05, 3.63) is 30.3 Å². The van der Waals surface area contributed by atoms with E-state index >= 15 is 0 Å². The fourth-order valence-corrected chi connectivity index (χ4v) is 1.53. The van der Waals surface area contributed by atoms with Gasteiger partial charge in [-0.05, 0) is 19.1 Å². The van der Waals surface area contributed by atoms with E-state index in [2.05, 4.69) is 5.32 Å². The largest absolute Gasteiger partial charge is 0.374 e. The van der Waals surface area contributed by atoms with Gasteiger partial charge in [-0.25, -0.2) is 0 Å². The summed E-state index contributed by atoms with van der Waals surface area (Å²) in [6, 6.07) is 10.0. The van der Waals surface area contributed by atoms with Crippen LogP contribution in [0.2, 0.25) is 0 Å². The van der Waals surface area contributed by atoms with Crippen molar-refractivity contribution in [1.29, 1.82) is 0 Å². The molecule has 2 rings (SSSR count). The Morgan fingerprint density at radius 1 is 1.21 bits per heavy atom. The fraction of sp³-hybridized carbons (Fsp3) is 0.455. The van der Waals surface area contributed by atoms with Crippen molar-refractivity contribution >= 4 is 5.69 Å². The number of hydrogen-bond acceptors (Lipinski definition) is 3. The van der Waals surface area contributed by atoms with E-state index in [9.17, 15) is 0 Å². The lowest BCUT2D eigenvalue weighted by Crippen LogP contribution is -2.47. The molecule has 1 heterocycles. The van der Waals surface area contributed by atoms with E-state index in [0.717, 1.165) is 5.69 Å². The summed E-state index contributed by atoms with van der Waals surface area (Å²) in [6.45, 7) is 3.92. The average molecular weight is 193 g/mol. The maximum absolute atomic E-state index is 5.63. The third-order valence-electron chi connectivity index (χ3n) is 2.21. The van der Waals surface area contributed by atoms with E-state index in [0.29, 0.717) is 19.8 Å². The van der Waals surface area contributed by atoms with Crippen LogP contribution in [0.3, 0.4) is 0 Å². The smallest absolute Gasteiger partial charge is 0.159 e. The standard InChI is InChI=1S/C11H15NO2/c1-11(9-13-7-8-14-11)12-10-5-3-2-4-6-10/h2-6,12H,7-9H2,1H3. The molecule has 1 atom stereocenters. The summed E-state index contributed by atoms with van der Waals surface area (Å²) in [7, 11) is 0. The number of para-hydroxylation sites is 1. The number of nitrogens with one attached hydrogen (secondary N) is 1. The Hall–Kier alpha value is -1.06. The highest BCUT2D eigenvalue weighted by molar-refractivity contribution is 5.44. The molecule has 0 spiro atoms. The lowest BCUT2D eigenvalue weighted by molar-refractivity contribution is -0.132. The monoisotopic (exact) mass is 193 g/mol. The highest BCUT2D eigenvalue weighted by Crippen LogP contribution is 2.19. The molecule has 0 aliphatic carbocycles. The van der Waals surface area contributed by atoms with Crippen LogP contribution in [0.1, 0.15) is 6.92 Å². The van der Waals surface area contributed by atoms with E-state index in [-0.39, 0.29) is 5.72 Å². The van der Waals surface area contributed by atoms with Crippen molar-refractivity contribution < 1.29 is 9.47 Å². The van der Waals surface area contributed by atoms with Crippen LogP contribution in [0.25, 0.3) is 0 Å². The predicted molar refractivity (Wildman–Crippen MR) is 55.2 cm³/mol. The zero-order valence-electron chi connectivity index (χ0n) is 8.32. The van der Waals surface area contributed by atoms with Gasteiger partial charge in [-0.3, -0.25) is 0 Å². The molecule has 1 aliphatic heterocycles. The van der Waals surface area contributed by atoms with Gasteiger partial charge in [0.2, 0.25) is 0 Å². The lowest BCUT2D eigenvalue weighted by Gasteiger charge is -2.35. The highest BCUT2D eigenvalue weighted by atomic mass is 16.6. The summed E-state index contributed by atoms with van der Waals surface area (Å²) in [5.41, 5.74) is 0.667. The van der Waals surface area contributed by atoms with Gasteiger partial charge in [-0.2, -0.15) is 0 Å². The molecule has 0 amide bonds. The second-order valence-corrected chi connectivity index (χ2v) is 3.62. The number of rotatable bonds is 2. The zero-order valence-corrected chi connectivity index (χ0v) is 8.32. The maximum Gasteiger partial charge on any atom is 0.159 e. The van der Waals surface area contributed by atoms with E-state index in [1.165, 1.54) is 0 Å². The highest BCUT2D eigenvalue weighted by Gasteiger charge is 2.28. The Morgan fingerprint density at radius 3 is 2.64 bits per heavy atom. The van der Waals surface area contributed by atoms with Crippen LogP contribution in [0, 0.1) is 0 Å². The van der Waals surface area contributed by atoms with Gasteiger partial charge in [-0.1, -0.05) is 18.2 Å². The SMILES string of the molecule is CC1(Nc2ccccc2)COCCO1. The molecule has 0 aromatic heterocycles. The number of ether oxygens (including phenoxy) is 2. The molecule has 76 valence electrons. The van der Waals surface area contributed by atoms with Crippen LogP contribution < -0.4 is 5.32 Å². The molecule has 1 saturated heterocycles. The molecule has 0 saturated carbocycles. The maximum atomic E-state index is 5.63. The molecule has 14 heavy (non-hydrogen) atoms. The molecule has 1 fully saturated rings. The third kappa shape index (κ3) is 2.25. The summed E-state index contributed by atoms with van der Waals surface area (Å²) in [5, 5.41) is 3.31. The molecule has 3 heteroatoms. The van der Waals surface area contributed by atoms with Crippen molar-refractivity contribution in [3.8, 4) is 0 Å². The van der Waals surface area contributed by atoms with Gasteiger partial charge in [0.05, 0.1) is 19.8 Å². The first-order valence-corrected chi connectivity index (χ1v) is 4.83. The third-order valence-corrected chi connectivity index (χ3v) is 2.21. The van der Waals surface area contributed by atoms with Gasteiger partial charge in [0, 0.05) is 5.69 Å². The molecular weight excluding hydrogens is 178 g/mol. The molecule has 0 radical (unpaired) electrons. The number of hydrogen-bond donors (Lipinski definition) is 1. The Balaban J connectivity index is 2.02. The van der Waals surface area contributed by atoms with Crippen LogP contribution in [0.5, 0.6) is 0 Å². The molecule has 1 aromatic carbocycles. The molecule has 0 bridgehead atoms. The zero-order chi connectivity index (χ0) is 9.86. The van der Waals surface area contributed by atoms with Crippen molar-refractivity contribution in [1.82, 2.24) is 0 Å². The predicted octanol–water partition coefficient (Wildman–Crippen LogP) is 1.86. The summed E-state index contributed by atoms with van der Waals surface area (Å²) >= 11 is 0. The fourth-order valence-electron chi connectivity index (χ4n) is 1.53. The molecule has 1 unspecified atom stereocenters.